The van der Waals surface area contributed by atoms with Gasteiger partial charge < -0.3 is 10.1 Å². The molecule has 1 aliphatic heterocycles. The van der Waals surface area contributed by atoms with E-state index < -0.39 is 0 Å². The Morgan fingerprint density at radius 3 is 2.79 bits per heavy atom. The predicted octanol–water partition coefficient (Wildman–Crippen LogP) is 4.34. The molecule has 3 atom stereocenters. The highest BCUT2D eigenvalue weighted by atomic mass is 35.5. The minimum atomic E-state index is 0.364. The Bertz CT molecular complexity index is 377. The van der Waals surface area contributed by atoms with Gasteiger partial charge in [-0.25, -0.2) is 0 Å². The van der Waals surface area contributed by atoms with Crippen LogP contribution in [0.5, 0.6) is 0 Å². The summed E-state index contributed by atoms with van der Waals surface area (Å²) >= 11 is 5.93. The van der Waals surface area contributed by atoms with Gasteiger partial charge in [0.15, 0.2) is 0 Å². The van der Waals surface area contributed by atoms with Gasteiger partial charge in [0.1, 0.15) is 0 Å². The van der Waals surface area contributed by atoms with Gasteiger partial charge in [0.25, 0.3) is 0 Å². The Hall–Kier alpha value is -0.570. The Morgan fingerprint density at radius 1 is 1.37 bits per heavy atom. The molecule has 2 rings (SSSR count). The van der Waals surface area contributed by atoms with Crippen molar-refractivity contribution in [3.8, 4) is 0 Å². The van der Waals surface area contributed by atoms with Gasteiger partial charge in [-0.2, -0.15) is 0 Å². The van der Waals surface area contributed by atoms with Crippen molar-refractivity contribution in [3.05, 3.63) is 34.9 Å². The van der Waals surface area contributed by atoms with Gasteiger partial charge in [-0.05, 0) is 43.9 Å². The van der Waals surface area contributed by atoms with Gasteiger partial charge in [-0.15, -0.1) is 0 Å². The average Bonchev–Trinajstić information content (AvgIpc) is 2.40. The summed E-state index contributed by atoms with van der Waals surface area (Å²) in [5, 5.41) is 4.52. The number of hydrogen-bond donors (Lipinski definition) is 1. The molecule has 1 saturated heterocycles. The minimum absolute atomic E-state index is 0.364. The van der Waals surface area contributed by atoms with E-state index in [-0.39, 0.29) is 0 Å². The molecule has 1 aromatic carbocycles. The molecule has 0 spiro atoms. The van der Waals surface area contributed by atoms with Gasteiger partial charge in [0, 0.05) is 23.7 Å². The van der Waals surface area contributed by atoms with Crippen LogP contribution in [0.2, 0.25) is 5.02 Å². The van der Waals surface area contributed by atoms with E-state index in [1.165, 1.54) is 18.4 Å². The van der Waals surface area contributed by atoms with Crippen molar-refractivity contribution < 1.29 is 4.74 Å². The number of ether oxygens (including phenoxy) is 1. The maximum Gasteiger partial charge on any atom is 0.0589 e. The lowest BCUT2D eigenvalue weighted by Gasteiger charge is -2.32. The zero-order valence-electron chi connectivity index (χ0n) is 11.9. The van der Waals surface area contributed by atoms with E-state index in [0.29, 0.717) is 18.2 Å². The van der Waals surface area contributed by atoms with Crippen molar-refractivity contribution in [2.24, 2.45) is 0 Å². The molecule has 1 aromatic rings. The molecule has 19 heavy (non-hydrogen) atoms. The summed E-state index contributed by atoms with van der Waals surface area (Å²) in [6.07, 6.45) is 5.05. The van der Waals surface area contributed by atoms with Crippen LogP contribution in [-0.4, -0.2) is 18.8 Å². The van der Waals surface area contributed by atoms with E-state index in [9.17, 15) is 0 Å². The standard InChI is InChI=1S/C16H24ClNO/c1-3-4-16-11-15(9-10-19-16)18-12(2)13-5-7-14(17)8-6-13/h5-8,12,15-16,18H,3-4,9-11H2,1-2H3/t12-,15?,16?/m1/s1. The molecule has 0 saturated carbocycles. The van der Waals surface area contributed by atoms with Crippen LogP contribution in [-0.2, 0) is 4.74 Å². The van der Waals surface area contributed by atoms with Gasteiger partial charge in [0.2, 0.25) is 0 Å². The average molecular weight is 282 g/mol. The highest BCUT2D eigenvalue weighted by Gasteiger charge is 2.23. The molecule has 1 heterocycles. The fourth-order valence-corrected chi connectivity index (χ4v) is 2.88. The third-order valence-corrected chi connectivity index (χ3v) is 4.09. The molecule has 0 aliphatic carbocycles. The molecule has 0 radical (unpaired) electrons. The second-order valence-electron chi connectivity index (χ2n) is 5.44. The molecular formula is C16H24ClNO. The molecule has 0 bridgehead atoms. The number of nitrogens with one attached hydrogen (secondary N) is 1. The van der Waals surface area contributed by atoms with Crippen LogP contribution in [0, 0.1) is 0 Å². The molecule has 1 N–H and O–H groups in total. The van der Waals surface area contributed by atoms with Crippen molar-refractivity contribution in [1.82, 2.24) is 5.32 Å². The first-order chi connectivity index (χ1) is 9.19. The van der Waals surface area contributed by atoms with Crippen LogP contribution < -0.4 is 5.32 Å². The van der Waals surface area contributed by atoms with Crippen LogP contribution in [0.1, 0.15) is 51.1 Å². The van der Waals surface area contributed by atoms with E-state index in [1.807, 2.05) is 12.1 Å². The van der Waals surface area contributed by atoms with Gasteiger partial charge in [0.05, 0.1) is 6.10 Å². The van der Waals surface area contributed by atoms with Gasteiger partial charge >= 0.3 is 0 Å². The van der Waals surface area contributed by atoms with Gasteiger partial charge in [-0.1, -0.05) is 37.1 Å². The van der Waals surface area contributed by atoms with E-state index in [4.69, 9.17) is 16.3 Å². The predicted molar refractivity (Wildman–Crippen MR) is 80.7 cm³/mol. The fraction of sp³-hybridized carbons (Fsp3) is 0.625. The molecule has 3 heteroatoms. The second-order valence-corrected chi connectivity index (χ2v) is 5.88. The highest BCUT2D eigenvalue weighted by molar-refractivity contribution is 6.30. The number of benzene rings is 1. The second kappa shape index (κ2) is 7.28. The van der Waals surface area contributed by atoms with Gasteiger partial charge in [-0.3, -0.25) is 0 Å². The zero-order chi connectivity index (χ0) is 13.7. The summed E-state index contributed by atoms with van der Waals surface area (Å²) in [4.78, 5) is 0. The molecular weight excluding hydrogens is 258 g/mol. The summed E-state index contributed by atoms with van der Waals surface area (Å²) in [5.41, 5.74) is 1.29. The summed E-state index contributed by atoms with van der Waals surface area (Å²) in [6.45, 7) is 5.32. The third kappa shape index (κ3) is 4.48. The Morgan fingerprint density at radius 2 is 2.11 bits per heavy atom. The number of rotatable bonds is 5. The summed E-state index contributed by atoms with van der Waals surface area (Å²) < 4.78 is 5.79. The maximum absolute atomic E-state index is 5.93. The largest absolute Gasteiger partial charge is 0.378 e. The monoisotopic (exact) mass is 281 g/mol. The van der Waals surface area contributed by atoms with Crippen LogP contribution in [0.15, 0.2) is 24.3 Å². The Kier molecular flexibility index (Phi) is 5.68. The zero-order valence-corrected chi connectivity index (χ0v) is 12.6. The van der Waals surface area contributed by atoms with Crippen molar-refractivity contribution >= 4 is 11.6 Å². The lowest BCUT2D eigenvalue weighted by atomic mass is 9.98. The molecule has 2 nitrogen and oxygen atoms in total. The first-order valence-electron chi connectivity index (χ1n) is 7.32. The van der Waals surface area contributed by atoms with Crippen molar-refractivity contribution in [2.75, 3.05) is 6.61 Å². The van der Waals surface area contributed by atoms with Crippen molar-refractivity contribution in [2.45, 2.75) is 57.7 Å². The highest BCUT2D eigenvalue weighted by Crippen LogP contribution is 2.22. The smallest absolute Gasteiger partial charge is 0.0589 e. The molecule has 1 fully saturated rings. The molecule has 106 valence electrons. The lowest BCUT2D eigenvalue weighted by molar-refractivity contribution is -0.00472. The van der Waals surface area contributed by atoms with Crippen LogP contribution in [0.4, 0.5) is 0 Å². The summed E-state index contributed by atoms with van der Waals surface area (Å²) in [6, 6.07) is 9.04. The number of hydrogen-bond acceptors (Lipinski definition) is 2. The first kappa shape index (κ1) is 14.8. The molecule has 1 aliphatic rings. The summed E-state index contributed by atoms with van der Waals surface area (Å²) in [7, 11) is 0. The topological polar surface area (TPSA) is 21.3 Å². The third-order valence-electron chi connectivity index (χ3n) is 3.83. The molecule has 0 aromatic heterocycles. The van der Waals surface area contributed by atoms with E-state index in [0.717, 1.165) is 24.5 Å². The Labute approximate surface area is 121 Å². The normalized spacial score (nSPS) is 25.2. The fourth-order valence-electron chi connectivity index (χ4n) is 2.76. The van der Waals surface area contributed by atoms with E-state index in [2.05, 4.69) is 31.3 Å². The van der Waals surface area contributed by atoms with Crippen LogP contribution in [0.25, 0.3) is 0 Å². The van der Waals surface area contributed by atoms with Crippen molar-refractivity contribution in [1.29, 1.82) is 0 Å². The summed E-state index contributed by atoms with van der Waals surface area (Å²) in [5.74, 6) is 0. The number of halogens is 1. The van der Waals surface area contributed by atoms with E-state index in [1.54, 1.807) is 0 Å². The maximum atomic E-state index is 5.93. The van der Waals surface area contributed by atoms with Crippen LogP contribution in [0.3, 0.4) is 0 Å². The Balaban J connectivity index is 1.87. The lowest BCUT2D eigenvalue weighted by Crippen LogP contribution is -2.40. The quantitative estimate of drug-likeness (QED) is 0.867. The first-order valence-corrected chi connectivity index (χ1v) is 7.70. The van der Waals surface area contributed by atoms with E-state index >= 15 is 0 Å². The minimum Gasteiger partial charge on any atom is -0.378 e. The van der Waals surface area contributed by atoms with Crippen molar-refractivity contribution in [3.63, 3.8) is 0 Å². The molecule has 0 amide bonds. The SMILES string of the molecule is CCCC1CC(N[C@H](C)c2ccc(Cl)cc2)CCO1. The van der Waals surface area contributed by atoms with Crippen LogP contribution >= 0.6 is 11.6 Å². The molecule has 2 unspecified atom stereocenters.